The number of imidazole rings is 1. The van der Waals surface area contributed by atoms with Crippen molar-refractivity contribution in [3.05, 3.63) is 58.9 Å². The van der Waals surface area contributed by atoms with Crippen LogP contribution >= 0.6 is 11.3 Å². The number of alkyl halides is 2. The van der Waals surface area contributed by atoms with Crippen molar-refractivity contribution in [2.75, 3.05) is 13.2 Å². The van der Waals surface area contributed by atoms with Crippen molar-refractivity contribution in [2.45, 2.75) is 26.5 Å². The molecule has 11 heteroatoms. The minimum atomic E-state index is -2.93. The summed E-state index contributed by atoms with van der Waals surface area (Å²) in [4.78, 5) is 22.9. The summed E-state index contributed by atoms with van der Waals surface area (Å²) in [5, 5.41) is 0.438. The molecule has 1 aliphatic heterocycles. The Balaban J connectivity index is 1.54. The van der Waals surface area contributed by atoms with Gasteiger partial charge < -0.3 is 14.2 Å². The van der Waals surface area contributed by atoms with Crippen molar-refractivity contribution in [1.29, 1.82) is 0 Å². The Kier molecular flexibility index (Phi) is 5.56. The van der Waals surface area contributed by atoms with Gasteiger partial charge in [0.2, 0.25) is 0 Å². The van der Waals surface area contributed by atoms with E-state index in [0.29, 0.717) is 41.3 Å². The Bertz CT molecular complexity index is 1640. The van der Waals surface area contributed by atoms with Crippen molar-refractivity contribution < 1.29 is 23.0 Å². The second kappa shape index (κ2) is 8.90. The Labute approximate surface area is 207 Å². The Hall–Kier alpha value is -3.99. The number of pyridine rings is 1. The molecule has 2 aromatic carbocycles. The first-order chi connectivity index (χ1) is 17.5. The predicted octanol–water partition coefficient (Wildman–Crippen LogP) is 5.25. The smallest absolute Gasteiger partial charge is 0.387 e. The molecule has 6 rings (SSSR count). The van der Waals surface area contributed by atoms with Gasteiger partial charge in [0.15, 0.2) is 5.65 Å². The maximum absolute atomic E-state index is 13.9. The maximum atomic E-state index is 13.9. The van der Waals surface area contributed by atoms with Crippen LogP contribution in [-0.4, -0.2) is 38.9 Å². The number of hydrogen-bond donors (Lipinski definition) is 0. The van der Waals surface area contributed by atoms with Crippen LogP contribution in [0, 0.1) is 0 Å². The number of aryl methyl sites for hydroxylation is 1. The molecule has 1 aliphatic rings. The third kappa shape index (κ3) is 3.85. The molecular weight excluding hydrogens is 490 g/mol. The van der Waals surface area contributed by atoms with Crippen LogP contribution in [0.3, 0.4) is 0 Å². The lowest BCUT2D eigenvalue weighted by Crippen LogP contribution is -2.20. The van der Waals surface area contributed by atoms with E-state index < -0.39 is 6.61 Å². The molecule has 0 spiro atoms. The van der Waals surface area contributed by atoms with E-state index in [4.69, 9.17) is 9.47 Å². The Morgan fingerprint density at radius 2 is 1.97 bits per heavy atom. The lowest BCUT2D eigenvalue weighted by molar-refractivity contribution is -0.0498. The van der Waals surface area contributed by atoms with Crippen LogP contribution in [0.25, 0.3) is 38.2 Å². The summed E-state index contributed by atoms with van der Waals surface area (Å²) in [7, 11) is 0. The summed E-state index contributed by atoms with van der Waals surface area (Å²) in [6, 6.07) is 14.0. The minimum absolute atomic E-state index is 0.000609. The second-order valence-corrected chi connectivity index (χ2v) is 9.12. The number of nitrogens with zero attached hydrogens (tertiary/aromatic N) is 4. The SMILES string of the molecule is CCOc1nc2c(cc(-c3ccc4nc5n(c4c3)CCCO5)c(=O)n2-c2ccc(OC(F)F)cc2)s1. The molecule has 0 bridgehead atoms. The molecule has 0 saturated carbocycles. The minimum Gasteiger partial charge on any atom is -0.470 e. The van der Waals surface area contributed by atoms with Crippen LogP contribution in [0.1, 0.15) is 13.3 Å². The fourth-order valence-corrected chi connectivity index (χ4v) is 5.26. The summed E-state index contributed by atoms with van der Waals surface area (Å²) in [6.45, 7) is 0.777. The first-order valence-corrected chi connectivity index (χ1v) is 12.2. The van der Waals surface area contributed by atoms with E-state index in [2.05, 4.69) is 14.7 Å². The fraction of sp³-hybridized carbons (Fsp3) is 0.240. The van der Waals surface area contributed by atoms with Crippen molar-refractivity contribution in [1.82, 2.24) is 19.1 Å². The number of ether oxygens (including phenoxy) is 3. The molecular formula is C25H20F2N4O4S. The average Bonchev–Trinajstić information content (AvgIpc) is 3.44. The van der Waals surface area contributed by atoms with E-state index in [-0.39, 0.29) is 11.3 Å². The Morgan fingerprint density at radius 1 is 1.14 bits per heavy atom. The van der Waals surface area contributed by atoms with Gasteiger partial charge in [-0.1, -0.05) is 17.4 Å². The maximum Gasteiger partial charge on any atom is 0.387 e. The van der Waals surface area contributed by atoms with Crippen LogP contribution in [0.15, 0.2) is 53.3 Å². The van der Waals surface area contributed by atoms with Gasteiger partial charge in [0.1, 0.15) is 5.75 Å². The quantitative estimate of drug-likeness (QED) is 0.311. The molecule has 0 atom stereocenters. The second-order valence-electron chi connectivity index (χ2n) is 8.12. The van der Waals surface area contributed by atoms with Crippen molar-refractivity contribution in [3.63, 3.8) is 0 Å². The van der Waals surface area contributed by atoms with Crippen LogP contribution in [0.5, 0.6) is 17.0 Å². The zero-order valence-electron chi connectivity index (χ0n) is 19.1. The molecule has 184 valence electrons. The lowest BCUT2D eigenvalue weighted by atomic mass is 10.1. The summed E-state index contributed by atoms with van der Waals surface area (Å²) < 4.78 is 45.2. The van der Waals surface area contributed by atoms with Gasteiger partial charge >= 0.3 is 6.61 Å². The van der Waals surface area contributed by atoms with E-state index >= 15 is 0 Å². The molecule has 36 heavy (non-hydrogen) atoms. The highest BCUT2D eigenvalue weighted by Crippen LogP contribution is 2.33. The van der Waals surface area contributed by atoms with Gasteiger partial charge in [-0.25, -0.2) is 0 Å². The molecule has 0 saturated heterocycles. The molecule has 0 fully saturated rings. The monoisotopic (exact) mass is 510 g/mol. The number of rotatable bonds is 6. The summed E-state index contributed by atoms with van der Waals surface area (Å²) in [5.74, 6) is 0.000609. The first kappa shape index (κ1) is 22.5. The summed E-state index contributed by atoms with van der Waals surface area (Å²) in [5.41, 5.74) is 3.47. The van der Waals surface area contributed by atoms with Crippen LogP contribution in [-0.2, 0) is 6.54 Å². The molecule has 0 aliphatic carbocycles. The number of hydrogen-bond acceptors (Lipinski definition) is 7. The summed E-state index contributed by atoms with van der Waals surface area (Å²) in [6.07, 6.45) is 0.883. The average molecular weight is 511 g/mol. The van der Waals surface area contributed by atoms with Gasteiger partial charge in [-0.3, -0.25) is 13.9 Å². The van der Waals surface area contributed by atoms with E-state index in [0.717, 1.165) is 34.3 Å². The normalized spacial score (nSPS) is 13.2. The van der Waals surface area contributed by atoms with Gasteiger partial charge in [0, 0.05) is 12.1 Å². The van der Waals surface area contributed by atoms with Crippen molar-refractivity contribution in [3.8, 4) is 33.8 Å². The topological polar surface area (TPSA) is 80.4 Å². The van der Waals surface area contributed by atoms with E-state index in [1.54, 1.807) is 12.1 Å². The zero-order chi connectivity index (χ0) is 24.8. The van der Waals surface area contributed by atoms with Gasteiger partial charge in [-0.15, -0.1) is 0 Å². The van der Waals surface area contributed by atoms with Gasteiger partial charge in [0.25, 0.3) is 16.8 Å². The molecule has 4 heterocycles. The number of benzene rings is 2. The van der Waals surface area contributed by atoms with Gasteiger partial charge in [0.05, 0.1) is 34.6 Å². The number of halogens is 2. The summed E-state index contributed by atoms with van der Waals surface area (Å²) >= 11 is 1.33. The highest BCUT2D eigenvalue weighted by atomic mass is 32.1. The number of fused-ring (bicyclic) bond motifs is 4. The third-order valence-corrected chi connectivity index (χ3v) is 6.81. The van der Waals surface area contributed by atoms with Crippen LogP contribution < -0.4 is 19.8 Å². The standard InChI is InChI=1S/C25H20F2N4O4S/c1-2-33-25-29-21-20(36-25)13-17(22(32)31(21)15-5-7-16(8-6-15)35-23(26)27)14-4-9-18-19(12-14)30-10-3-11-34-24(30)28-18/h4-9,12-13,23H,2-3,10-11H2,1H3. The van der Waals surface area contributed by atoms with Crippen LogP contribution in [0.4, 0.5) is 8.78 Å². The highest BCUT2D eigenvalue weighted by Gasteiger charge is 2.20. The van der Waals surface area contributed by atoms with Crippen LogP contribution in [0.2, 0.25) is 0 Å². The molecule has 0 N–H and O–H groups in total. The zero-order valence-corrected chi connectivity index (χ0v) is 19.9. The lowest BCUT2D eigenvalue weighted by Gasteiger charge is -2.15. The van der Waals surface area contributed by atoms with E-state index in [1.807, 2.05) is 35.8 Å². The predicted molar refractivity (Wildman–Crippen MR) is 132 cm³/mol. The first-order valence-electron chi connectivity index (χ1n) is 11.4. The molecule has 8 nitrogen and oxygen atoms in total. The molecule has 3 aromatic heterocycles. The molecule has 0 amide bonds. The molecule has 5 aromatic rings. The number of aromatic nitrogens is 4. The van der Waals surface area contributed by atoms with E-state index in [9.17, 15) is 13.6 Å². The fourth-order valence-electron chi connectivity index (χ4n) is 4.36. The third-order valence-electron chi connectivity index (χ3n) is 5.90. The van der Waals surface area contributed by atoms with Gasteiger partial charge in [-0.2, -0.15) is 18.7 Å². The van der Waals surface area contributed by atoms with Gasteiger partial charge in [-0.05, 0) is 61.4 Å². The number of thiazole rings is 1. The Morgan fingerprint density at radius 3 is 2.75 bits per heavy atom. The highest BCUT2D eigenvalue weighted by molar-refractivity contribution is 7.20. The van der Waals surface area contributed by atoms with Crippen molar-refractivity contribution in [2.24, 2.45) is 0 Å². The van der Waals surface area contributed by atoms with E-state index in [1.165, 1.54) is 28.0 Å². The molecule has 0 unspecified atom stereocenters. The molecule has 0 radical (unpaired) electrons. The largest absolute Gasteiger partial charge is 0.470 e. The van der Waals surface area contributed by atoms with Crippen molar-refractivity contribution >= 4 is 32.7 Å².